The van der Waals surface area contributed by atoms with E-state index in [1.54, 1.807) is 18.3 Å². The van der Waals surface area contributed by atoms with Gasteiger partial charge in [-0.05, 0) is 50.2 Å². The summed E-state index contributed by atoms with van der Waals surface area (Å²) < 4.78 is 19.9. The molecule has 154 valence electrons. The minimum absolute atomic E-state index is 0.0313. The van der Waals surface area contributed by atoms with E-state index >= 15 is 0 Å². The van der Waals surface area contributed by atoms with Crippen LogP contribution >= 0.6 is 0 Å². The van der Waals surface area contributed by atoms with E-state index in [9.17, 15) is 4.39 Å². The summed E-state index contributed by atoms with van der Waals surface area (Å²) in [6, 6.07) is 10.2. The van der Waals surface area contributed by atoms with Crippen LogP contribution < -0.4 is 20.8 Å². The maximum atomic E-state index is 13.5. The highest BCUT2D eigenvalue weighted by Crippen LogP contribution is 2.33. The Morgan fingerprint density at radius 2 is 2.03 bits per heavy atom. The van der Waals surface area contributed by atoms with Crippen molar-refractivity contribution in [3.63, 3.8) is 0 Å². The van der Waals surface area contributed by atoms with Gasteiger partial charge in [-0.15, -0.1) is 0 Å². The lowest BCUT2D eigenvalue weighted by molar-refractivity contribution is 0.160. The molecule has 1 atom stereocenters. The zero-order valence-electron chi connectivity index (χ0n) is 16.3. The van der Waals surface area contributed by atoms with Crippen molar-refractivity contribution in [1.82, 2.24) is 20.7 Å². The van der Waals surface area contributed by atoms with Crippen molar-refractivity contribution < 1.29 is 9.13 Å². The van der Waals surface area contributed by atoms with Gasteiger partial charge in [0.05, 0.1) is 18.1 Å². The number of ether oxygens (including phenoxy) is 1. The Kier molecular flexibility index (Phi) is 5.10. The summed E-state index contributed by atoms with van der Waals surface area (Å²) in [7, 11) is 0. The summed E-state index contributed by atoms with van der Waals surface area (Å²) in [5.74, 6) is 0.871. The van der Waals surface area contributed by atoms with Gasteiger partial charge in [0.2, 0.25) is 5.95 Å². The van der Waals surface area contributed by atoms with E-state index in [4.69, 9.17) is 4.74 Å². The third kappa shape index (κ3) is 4.02. The molecule has 2 aliphatic rings. The van der Waals surface area contributed by atoms with Crippen LogP contribution in [0.1, 0.15) is 24.4 Å². The molecule has 5 rings (SSSR count). The zero-order valence-corrected chi connectivity index (χ0v) is 16.3. The van der Waals surface area contributed by atoms with Crippen molar-refractivity contribution in [2.45, 2.75) is 25.0 Å². The fourth-order valence-corrected chi connectivity index (χ4v) is 3.74. The van der Waals surface area contributed by atoms with Crippen molar-refractivity contribution in [1.29, 1.82) is 0 Å². The summed E-state index contributed by atoms with van der Waals surface area (Å²) in [6.45, 7) is 2.46. The van der Waals surface area contributed by atoms with Crippen molar-refractivity contribution in [2.24, 2.45) is 10.3 Å². The lowest BCUT2D eigenvalue weighted by Crippen LogP contribution is -2.34. The first-order valence-corrected chi connectivity index (χ1v) is 10.1. The van der Waals surface area contributed by atoms with E-state index in [-0.39, 0.29) is 18.0 Å². The van der Waals surface area contributed by atoms with Gasteiger partial charge >= 0.3 is 0 Å². The number of rotatable bonds is 5. The molecule has 0 radical (unpaired) electrons. The van der Waals surface area contributed by atoms with Crippen LogP contribution in [-0.4, -0.2) is 35.7 Å². The van der Waals surface area contributed by atoms with Crippen molar-refractivity contribution in [3.8, 4) is 5.75 Å². The van der Waals surface area contributed by atoms with E-state index in [1.165, 1.54) is 12.1 Å². The smallest absolute Gasteiger partial charge is 0.227 e. The lowest BCUT2D eigenvalue weighted by atomic mass is 10.0. The monoisotopic (exact) mass is 407 g/mol. The minimum Gasteiger partial charge on any atom is -0.490 e. The van der Waals surface area contributed by atoms with E-state index in [0.29, 0.717) is 18.2 Å². The second-order valence-corrected chi connectivity index (χ2v) is 7.45. The second kappa shape index (κ2) is 8.19. The Balaban J connectivity index is 1.48. The standard InChI is InChI=1S/C21H22FN7O/c22-14-2-1-3-15(9-14)26-21-24-11-13-8-17(19-12-25-29-28-19)20(10-18(13)27-21)30-16-4-6-23-7-5-16/h1-3,8-11,16,19,23H,4-7,12H2,(H,25,28)(H,24,26,27). The Bertz CT molecular complexity index is 1080. The number of benzene rings is 2. The number of nitrogens with one attached hydrogen (secondary N) is 3. The molecule has 0 saturated carbocycles. The first-order chi connectivity index (χ1) is 14.7. The van der Waals surface area contributed by atoms with E-state index in [2.05, 4.69) is 36.4 Å². The topological polar surface area (TPSA) is 95.8 Å². The van der Waals surface area contributed by atoms with E-state index < -0.39 is 0 Å². The zero-order chi connectivity index (χ0) is 20.3. The number of hydrogen-bond acceptors (Lipinski definition) is 8. The third-order valence-electron chi connectivity index (χ3n) is 5.30. The van der Waals surface area contributed by atoms with Gasteiger partial charge in [0.15, 0.2) is 0 Å². The van der Waals surface area contributed by atoms with Gasteiger partial charge < -0.3 is 15.4 Å². The predicted molar refractivity (Wildman–Crippen MR) is 111 cm³/mol. The number of nitrogens with zero attached hydrogens (tertiary/aromatic N) is 4. The molecular formula is C21H22FN7O. The Morgan fingerprint density at radius 3 is 2.83 bits per heavy atom. The summed E-state index contributed by atoms with van der Waals surface area (Å²) in [5.41, 5.74) is 5.39. The quantitative estimate of drug-likeness (QED) is 0.597. The van der Waals surface area contributed by atoms with Crippen LogP contribution in [0.25, 0.3) is 10.9 Å². The molecular weight excluding hydrogens is 385 g/mol. The summed E-state index contributed by atoms with van der Waals surface area (Å²) in [5, 5.41) is 15.3. The third-order valence-corrected chi connectivity index (χ3v) is 5.30. The predicted octanol–water partition coefficient (Wildman–Crippen LogP) is 3.65. The molecule has 2 aromatic carbocycles. The van der Waals surface area contributed by atoms with Gasteiger partial charge in [0.25, 0.3) is 0 Å². The van der Waals surface area contributed by atoms with Crippen LogP contribution in [0.3, 0.4) is 0 Å². The van der Waals surface area contributed by atoms with Crippen LogP contribution in [0.15, 0.2) is 52.9 Å². The molecule has 2 aliphatic heterocycles. The number of halogens is 1. The second-order valence-electron chi connectivity index (χ2n) is 7.45. The molecule has 1 unspecified atom stereocenters. The van der Waals surface area contributed by atoms with Gasteiger partial charge in [-0.3, -0.25) is 5.43 Å². The van der Waals surface area contributed by atoms with Gasteiger partial charge in [0.1, 0.15) is 17.7 Å². The number of aromatic nitrogens is 2. The number of fused-ring (bicyclic) bond motifs is 1. The Labute approximate surface area is 172 Å². The SMILES string of the molecule is Fc1cccc(Nc2ncc3cc(C4CN=NN4)c(OC4CCNCC4)cc3n2)c1. The number of piperidine rings is 1. The highest BCUT2D eigenvalue weighted by atomic mass is 19.1. The fourth-order valence-electron chi connectivity index (χ4n) is 3.74. The molecule has 0 spiro atoms. The Morgan fingerprint density at radius 1 is 1.13 bits per heavy atom. The van der Waals surface area contributed by atoms with Crippen LogP contribution in [0.2, 0.25) is 0 Å². The summed E-state index contributed by atoms with van der Waals surface area (Å²) in [4.78, 5) is 9.00. The Hall–Kier alpha value is -3.33. The maximum absolute atomic E-state index is 13.5. The molecule has 8 nitrogen and oxygen atoms in total. The molecule has 3 aromatic rings. The molecule has 9 heteroatoms. The van der Waals surface area contributed by atoms with Crippen molar-refractivity contribution in [3.05, 3.63) is 54.0 Å². The summed E-state index contributed by atoms with van der Waals surface area (Å²) in [6.07, 6.45) is 3.83. The van der Waals surface area contributed by atoms with Crippen LogP contribution in [0.4, 0.5) is 16.0 Å². The highest BCUT2D eigenvalue weighted by molar-refractivity contribution is 5.82. The van der Waals surface area contributed by atoms with Crippen molar-refractivity contribution in [2.75, 3.05) is 25.0 Å². The van der Waals surface area contributed by atoms with Gasteiger partial charge in [0, 0.05) is 28.9 Å². The molecule has 3 N–H and O–H groups in total. The average Bonchev–Trinajstić information content (AvgIpc) is 3.29. The van der Waals surface area contributed by atoms with Gasteiger partial charge in [-0.25, -0.2) is 14.4 Å². The molecule has 1 aromatic heterocycles. The van der Waals surface area contributed by atoms with Crippen LogP contribution in [-0.2, 0) is 0 Å². The number of hydrogen-bond donors (Lipinski definition) is 3. The number of anilines is 2. The highest BCUT2D eigenvalue weighted by Gasteiger charge is 2.23. The van der Waals surface area contributed by atoms with E-state index in [1.807, 2.05) is 12.1 Å². The van der Waals surface area contributed by atoms with Gasteiger partial charge in [-0.1, -0.05) is 11.3 Å². The first-order valence-electron chi connectivity index (χ1n) is 10.1. The van der Waals surface area contributed by atoms with E-state index in [0.717, 1.165) is 48.1 Å². The molecule has 1 saturated heterocycles. The van der Waals surface area contributed by atoms with Gasteiger partial charge in [-0.2, -0.15) is 5.11 Å². The maximum Gasteiger partial charge on any atom is 0.227 e. The largest absolute Gasteiger partial charge is 0.490 e. The normalized spacial score (nSPS) is 19.0. The molecule has 0 amide bonds. The molecule has 0 aliphatic carbocycles. The molecule has 1 fully saturated rings. The fraction of sp³-hybridized carbons (Fsp3) is 0.333. The average molecular weight is 407 g/mol. The first kappa shape index (κ1) is 18.7. The lowest BCUT2D eigenvalue weighted by Gasteiger charge is -2.26. The molecule has 0 bridgehead atoms. The summed E-state index contributed by atoms with van der Waals surface area (Å²) >= 11 is 0. The molecule has 30 heavy (non-hydrogen) atoms. The van der Waals surface area contributed by atoms with Crippen LogP contribution in [0.5, 0.6) is 5.75 Å². The molecule has 3 heterocycles. The minimum atomic E-state index is -0.317. The van der Waals surface area contributed by atoms with Crippen LogP contribution in [0, 0.1) is 5.82 Å². The van der Waals surface area contributed by atoms with Crippen molar-refractivity contribution >= 4 is 22.5 Å².